The largest absolute Gasteiger partial charge is 0.497 e. The van der Waals surface area contributed by atoms with Crippen LogP contribution in [0.2, 0.25) is 0 Å². The van der Waals surface area contributed by atoms with E-state index in [0.717, 1.165) is 11.3 Å². The molecular formula is C28H29N5O5S. The maximum atomic E-state index is 12.9. The number of carbonyl (C=O) groups excluding carboxylic acids is 2. The predicted molar refractivity (Wildman–Crippen MR) is 149 cm³/mol. The lowest BCUT2D eigenvalue weighted by molar-refractivity contribution is -0.113. The van der Waals surface area contributed by atoms with Crippen molar-refractivity contribution in [2.75, 3.05) is 32.4 Å². The highest BCUT2D eigenvalue weighted by molar-refractivity contribution is 7.99. The summed E-state index contributed by atoms with van der Waals surface area (Å²) in [6, 6.07) is 19.9. The molecule has 11 heteroatoms. The molecule has 0 unspecified atom stereocenters. The van der Waals surface area contributed by atoms with Gasteiger partial charge in [0.15, 0.2) is 11.0 Å². The number of methoxy groups -OCH3 is 3. The molecule has 1 aromatic heterocycles. The van der Waals surface area contributed by atoms with Crippen molar-refractivity contribution in [1.82, 2.24) is 20.1 Å². The molecule has 0 saturated heterocycles. The Balaban J connectivity index is 1.50. The van der Waals surface area contributed by atoms with Crippen molar-refractivity contribution in [2.24, 2.45) is 0 Å². The molecule has 39 heavy (non-hydrogen) atoms. The van der Waals surface area contributed by atoms with Gasteiger partial charge in [0, 0.05) is 23.0 Å². The van der Waals surface area contributed by atoms with Gasteiger partial charge in [-0.1, -0.05) is 23.9 Å². The summed E-state index contributed by atoms with van der Waals surface area (Å²) < 4.78 is 17.5. The van der Waals surface area contributed by atoms with Crippen LogP contribution in [0.25, 0.3) is 5.69 Å². The standard InChI is InChI=1S/C28H29N5O5S/c1-18-6-5-7-21(12-18)33-25(16-29-27(35)19-13-23(37-3)15-24(14-19)38-4)31-32-28(33)39-17-26(34)30-20-8-10-22(36-2)11-9-20/h5-15H,16-17H2,1-4H3,(H,29,35)(H,30,34). The molecule has 2 N–H and O–H groups in total. The molecule has 0 aliphatic carbocycles. The number of carbonyl (C=O) groups is 2. The number of thioether (sulfide) groups is 1. The fourth-order valence-electron chi connectivity index (χ4n) is 3.74. The van der Waals surface area contributed by atoms with Gasteiger partial charge in [-0.2, -0.15) is 0 Å². The van der Waals surface area contributed by atoms with Gasteiger partial charge in [0.25, 0.3) is 5.91 Å². The minimum Gasteiger partial charge on any atom is -0.497 e. The highest BCUT2D eigenvalue weighted by Crippen LogP contribution is 2.25. The van der Waals surface area contributed by atoms with E-state index in [2.05, 4.69) is 20.8 Å². The molecule has 0 radical (unpaired) electrons. The fourth-order valence-corrected chi connectivity index (χ4v) is 4.51. The summed E-state index contributed by atoms with van der Waals surface area (Å²) in [6.07, 6.45) is 0. The number of amides is 2. The number of hydrogen-bond acceptors (Lipinski definition) is 8. The van der Waals surface area contributed by atoms with Gasteiger partial charge in [0.2, 0.25) is 5.91 Å². The highest BCUT2D eigenvalue weighted by Gasteiger charge is 2.18. The van der Waals surface area contributed by atoms with Gasteiger partial charge in [-0.05, 0) is 61.0 Å². The summed E-state index contributed by atoms with van der Waals surface area (Å²) in [7, 11) is 4.64. The Morgan fingerprint density at radius 1 is 0.872 bits per heavy atom. The number of rotatable bonds is 11. The zero-order chi connectivity index (χ0) is 27.8. The van der Waals surface area contributed by atoms with E-state index in [-0.39, 0.29) is 24.1 Å². The topological polar surface area (TPSA) is 117 Å². The number of anilines is 1. The molecule has 202 valence electrons. The minimum absolute atomic E-state index is 0.109. The minimum atomic E-state index is -0.320. The Bertz CT molecular complexity index is 1430. The molecule has 4 rings (SSSR count). The summed E-state index contributed by atoms with van der Waals surface area (Å²) in [6.45, 7) is 2.10. The second kappa shape index (κ2) is 12.8. The lowest BCUT2D eigenvalue weighted by Gasteiger charge is -2.12. The van der Waals surface area contributed by atoms with Gasteiger partial charge in [0.1, 0.15) is 17.2 Å². The van der Waals surface area contributed by atoms with Crippen molar-refractivity contribution in [3.05, 3.63) is 83.7 Å². The van der Waals surface area contributed by atoms with Crippen molar-refractivity contribution in [3.8, 4) is 22.9 Å². The summed E-state index contributed by atoms with van der Waals surface area (Å²) in [4.78, 5) is 25.6. The van der Waals surface area contributed by atoms with Gasteiger partial charge in [-0.15, -0.1) is 10.2 Å². The Morgan fingerprint density at radius 2 is 1.56 bits per heavy atom. The second-order valence-electron chi connectivity index (χ2n) is 8.42. The van der Waals surface area contributed by atoms with Crippen LogP contribution in [0, 0.1) is 6.92 Å². The molecule has 10 nitrogen and oxygen atoms in total. The lowest BCUT2D eigenvalue weighted by Crippen LogP contribution is -2.24. The van der Waals surface area contributed by atoms with Crippen LogP contribution in [0.1, 0.15) is 21.7 Å². The zero-order valence-corrected chi connectivity index (χ0v) is 22.9. The molecule has 0 saturated carbocycles. The number of nitrogens with zero attached hydrogens (tertiary/aromatic N) is 3. The third-order valence-electron chi connectivity index (χ3n) is 5.69. The average molecular weight is 548 g/mol. The average Bonchev–Trinajstić information content (AvgIpc) is 3.37. The smallest absolute Gasteiger partial charge is 0.251 e. The van der Waals surface area contributed by atoms with Crippen LogP contribution in [-0.2, 0) is 11.3 Å². The van der Waals surface area contributed by atoms with Crippen molar-refractivity contribution in [2.45, 2.75) is 18.6 Å². The van der Waals surface area contributed by atoms with E-state index in [1.54, 1.807) is 49.6 Å². The van der Waals surface area contributed by atoms with Crippen molar-refractivity contribution in [1.29, 1.82) is 0 Å². The SMILES string of the molecule is COc1ccc(NC(=O)CSc2nnc(CNC(=O)c3cc(OC)cc(OC)c3)n2-c2cccc(C)c2)cc1. The van der Waals surface area contributed by atoms with Gasteiger partial charge < -0.3 is 24.8 Å². The number of aromatic nitrogens is 3. The van der Waals surface area contributed by atoms with E-state index >= 15 is 0 Å². The molecule has 1 heterocycles. The first-order valence-electron chi connectivity index (χ1n) is 12.0. The van der Waals surface area contributed by atoms with Gasteiger partial charge in [-0.25, -0.2) is 0 Å². The molecule has 0 aliphatic heterocycles. The van der Waals surface area contributed by atoms with E-state index in [1.165, 1.54) is 26.0 Å². The van der Waals surface area contributed by atoms with E-state index in [4.69, 9.17) is 14.2 Å². The summed E-state index contributed by atoms with van der Waals surface area (Å²) >= 11 is 1.25. The van der Waals surface area contributed by atoms with Crippen LogP contribution in [0.15, 0.2) is 71.9 Å². The van der Waals surface area contributed by atoms with Crippen LogP contribution in [-0.4, -0.2) is 53.7 Å². The Kier molecular flexibility index (Phi) is 9.06. The molecule has 0 atom stereocenters. The number of ether oxygens (including phenoxy) is 3. The van der Waals surface area contributed by atoms with E-state index < -0.39 is 0 Å². The van der Waals surface area contributed by atoms with Crippen LogP contribution in [0.3, 0.4) is 0 Å². The van der Waals surface area contributed by atoms with E-state index in [1.807, 2.05) is 35.8 Å². The quantitative estimate of drug-likeness (QED) is 0.268. The van der Waals surface area contributed by atoms with Gasteiger partial charge in [0.05, 0.1) is 33.6 Å². The molecule has 0 bridgehead atoms. The summed E-state index contributed by atoms with van der Waals surface area (Å²) in [5.74, 6) is 1.85. The third-order valence-corrected chi connectivity index (χ3v) is 6.62. The summed E-state index contributed by atoms with van der Waals surface area (Å²) in [5.41, 5.74) is 2.93. The summed E-state index contributed by atoms with van der Waals surface area (Å²) in [5, 5.41) is 14.9. The normalized spacial score (nSPS) is 10.6. The maximum Gasteiger partial charge on any atom is 0.251 e. The number of benzene rings is 3. The fraction of sp³-hybridized carbons (Fsp3) is 0.214. The molecule has 4 aromatic rings. The van der Waals surface area contributed by atoms with Crippen LogP contribution in [0.4, 0.5) is 5.69 Å². The highest BCUT2D eigenvalue weighted by atomic mass is 32.2. The molecular weight excluding hydrogens is 518 g/mol. The molecule has 3 aromatic carbocycles. The van der Waals surface area contributed by atoms with Crippen molar-refractivity contribution in [3.63, 3.8) is 0 Å². The van der Waals surface area contributed by atoms with Crippen LogP contribution in [0.5, 0.6) is 17.2 Å². The van der Waals surface area contributed by atoms with Gasteiger partial charge >= 0.3 is 0 Å². The number of aryl methyl sites for hydroxylation is 1. The molecule has 2 amide bonds. The monoisotopic (exact) mass is 547 g/mol. The van der Waals surface area contributed by atoms with Crippen LogP contribution >= 0.6 is 11.8 Å². The van der Waals surface area contributed by atoms with Crippen molar-refractivity contribution < 1.29 is 23.8 Å². The van der Waals surface area contributed by atoms with Gasteiger partial charge in [-0.3, -0.25) is 14.2 Å². The second-order valence-corrected chi connectivity index (χ2v) is 9.37. The zero-order valence-electron chi connectivity index (χ0n) is 22.1. The lowest BCUT2D eigenvalue weighted by atomic mass is 10.2. The molecule has 0 fully saturated rings. The maximum absolute atomic E-state index is 12.9. The number of nitrogens with one attached hydrogen (secondary N) is 2. The first kappa shape index (κ1) is 27.5. The Morgan fingerprint density at radius 3 is 2.21 bits per heavy atom. The van der Waals surface area contributed by atoms with Crippen molar-refractivity contribution >= 4 is 29.3 Å². The predicted octanol–water partition coefficient (Wildman–Crippen LogP) is 4.26. The molecule has 0 aliphatic rings. The number of hydrogen-bond donors (Lipinski definition) is 2. The van der Waals surface area contributed by atoms with E-state index in [0.29, 0.717) is 39.5 Å². The Hall–Kier alpha value is -4.51. The first-order chi connectivity index (χ1) is 18.9. The van der Waals surface area contributed by atoms with Crippen LogP contribution < -0.4 is 24.8 Å². The van der Waals surface area contributed by atoms with E-state index in [9.17, 15) is 9.59 Å². The molecule has 0 spiro atoms. The first-order valence-corrected chi connectivity index (χ1v) is 13.0. The Labute approximate surface area is 230 Å². The third kappa shape index (κ3) is 7.08.